The molecule has 3 N–H and O–H groups in total. The Bertz CT molecular complexity index is 399. The molecule has 1 aromatic carbocycles. The molecule has 0 aliphatic heterocycles. The highest BCUT2D eigenvalue weighted by molar-refractivity contribution is 5.76. The summed E-state index contributed by atoms with van der Waals surface area (Å²) in [6, 6.07) is 6.40. The minimum atomic E-state index is -0.352. The van der Waals surface area contributed by atoms with E-state index in [1.165, 1.54) is 16.7 Å². The third-order valence-corrected chi connectivity index (χ3v) is 2.66. The Morgan fingerprint density at radius 3 is 2.28 bits per heavy atom. The van der Waals surface area contributed by atoms with Gasteiger partial charge in [0.2, 0.25) is 5.91 Å². The summed E-state index contributed by atoms with van der Waals surface area (Å²) < 4.78 is 0. The smallest absolute Gasteiger partial charge is 0.220 e. The standard InChI is InChI=1S/C15H24N2O/c1-11-7-12(2)9-13(8-11)5-6-14(18)17-10-15(3,4)16/h7-9H,5-6,10,16H2,1-4H3,(H,17,18). The number of aryl methyl sites for hydroxylation is 3. The van der Waals surface area contributed by atoms with Crippen LogP contribution in [0.2, 0.25) is 0 Å². The van der Waals surface area contributed by atoms with E-state index in [1.54, 1.807) is 0 Å². The van der Waals surface area contributed by atoms with E-state index in [0.29, 0.717) is 13.0 Å². The normalized spacial score (nSPS) is 11.4. The number of nitrogens with one attached hydrogen (secondary N) is 1. The highest BCUT2D eigenvalue weighted by atomic mass is 16.1. The van der Waals surface area contributed by atoms with Crippen molar-refractivity contribution in [2.75, 3.05) is 6.54 Å². The number of carbonyl (C=O) groups is 1. The Labute approximate surface area is 110 Å². The molecule has 1 aromatic rings. The largest absolute Gasteiger partial charge is 0.354 e. The fraction of sp³-hybridized carbons (Fsp3) is 0.533. The highest BCUT2D eigenvalue weighted by Gasteiger charge is 2.12. The molecule has 0 saturated heterocycles. The summed E-state index contributed by atoms with van der Waals surface area (Å²) in [5, 5.41) is 2.86. The van der Waals surface area contributed by atoms with Crippen LogP contribution in [0.3, 0.4) is 0 Å². The zero-order valence-electron chi connectivity index (χ0n) is 11.8. The quantitative estimate of drug-likeness (QED) is 0.838. The van der Waals surface area contributed by atoms with Crippen molar-refractivity contribution < 1.29 is 4.79 Å². The van der Waals surface area contributed by atoms with Crippen LogP contribution in [0, 0.1) is 13.8 Å². The van der Waals surface area contributed by atoms with Crippen molar-refractivity contribution in [1.29, 1.82) is 0 Å². The number of nitrogens with two attached hydrogens (primary N) is 1. The molecule has 100 valence electrons. The Morgan fingerprint density at radius 2 is 1.78 bits per heavy atom. The molecule has 0 aliphatic rings. The van der Waals surface area contributed by atoms with Crippen LogP contribution in [0.5, 0.6) is 0 Å². The summed E-state index contributed by atoms with van der Waals surface area (Å²) in [5.41, 5.74) is 9.17. The molecule has 0 saturated carbocycles. The van der Waals surface area contributed by atoms with Crippen molar-refractivity contribution in [3.63, 3.8) is 0 Å². The second-order valence-electron chi connectivity index (χ2n) is 5.76. The summed E-state index contributed by atoms with van der Waals surface area (Å²) in [7, 11) is 0. The molecule has 1 amide bonds. The Kier molecular flexibility index (Phi) is 4.91. The summed E-state index contributed by atoms with van der Waals surface area (Å²) in [6.45, 7) is 8.47. The highest BCUT2D eigenvalue weighted by Crippen LogP contribution is 2.10. The predicted octanol–water partition coefficient (Wildman–Crippen LogP) is 2.09. The van der Waals surface area contributed by atoms with Gasteiger partial charge in [0.15, 0.2) is 0 Å². The molecule has 0 spiro atoms. The van der Waals surface area contributed by atoms with Crippen molar-refractivity contribution >= 4 is 5.91 Å². The Hall–Kier alpha value is -1.35. The lowest BCUT2D eigenvalue weighted by Crippen LogP contribution is -2.45. The van der Waals surface area contributed by atoms with Crippen LogP contribution in [0.15, 0.2) is 18.2 Å². The SMILES string of the molecule is Cc1cc(C)cc(CCC(=O)NCC(C)(C)N)c1. The van der Waals surface area contributed by atoms with E-state index in [4.69, 9.17) is 5.73 Å². The predicted molar refractivity (Wildman–Crippen MR) is 75.5 cm³/mol. The molecule has 0 bridgehead atoms. The molecule has 0 unspecified atom stereocenters. The molecule has 3 nitrogen and oxygen atoms in total. The van der Waals surface area contributed by atoms with Crippen molar-refractivity contribution in [3.05, 3.63) is 34.9 Å². The number of rotatable bonds is 5. The van der Waals surface area contributed by atoms with Crippen molar-refractivity contribution in [2.45, 2.75) is 46.1 Å². The van der Waals surface area contributed by atoms with E-state index >= 15 is 0 Å². The van der Waals surface area contributed by atoms with Gasteiger partial charge in [-0.2, -0.15) is 0 Å². The van der Waals surface area contributed by atoms with Gasteiger partial charge in [0, 0.05) is 18.5 Å². The Morgan fingerprint density at radius 1 is 1.22 bits per heavy atom. The van der Waals surface area contributed by atoms with Crippen LogP contribution < -0.4 is 11.1 Å². The van der Waals surface area contributed by atoms with Crippen LogP contribution in [0.25, 0.3) is 0 Å². The maximum absolute atomic E-state index is 11.7. The van der Waals surface area contributed by atoms with Gasteiger partial charge in [-0.3, -0.25) is 4.79 Å². The second-order valence-corrected chi connectivity index (χ2v) is 5.76. The summed E-state index contributed by atoms with van der Waals surface area (Å²) in [5.74, 6) is 0.0627. The van der Waals surface area contributed by atoms with Gasteiger partial charge in [0.25, 0.3) is 0 Å². The van der Waals surface area contributed by atoms with E-state index in [0.717, 1.165) is 6.42 Å². The van der Waals surface area contributed by atoms with Crippen LogP contribution in [0.1, 0.15) is 37.0 Å². The maximum atomic E-state index is 11.7. The van der Waals surface area contributed by atoms with Crippen LogP contribution in [-0.4, -0.2) is 18.0 Å². The lowest BCUT2D eigenvalue weighted by atomic mass is 10.0. The van der Waals surface area contributed by atoms with Gasteiger partial charge in [0.1, 0.15) is 0 Å². The first-order valence-corrected chi connectivity index (χ1v) is 6.39. The van der Waals surface area contributed by atoms with Crippen molar-refractivity contribution in [2.24, 2.45) is 5.73 Å². The first-order valence-electron chi connectivity index (χ1n) is 6.39. The molecule has 0 atom stereocenters. The summed E-state index contributed by atoms with van der Waals surface area (Å²) in [4.78, 5) is 11.7. The fourth-order valence-electron chi connectivity index (χ4n) is 1.89. The number of amides is 1. The first-order chi connectivity index (χ1) is 8.26. The minimum Gasteiger partial charge on any atom is -0.354 e. The average Bonchev–Trinajstić information content (AvgIpc) is 2.21. The monoisotopic (exact) mass is 248 g/mol. The Balaban J connectivity index is 2.43. The third kappa shape index (κ3) is 5.82. The molecular formula is C15H24N2O. The van der Waals surface area contributed by atoms with Crippen LogP contribution in [-0.2, 0) is 11.2 Å². The second kappa shape index (κ2) is 6.01. The zero-order valence-corrected chi connectivity index (χ0v) is 11.8. The van der Waals surface area contributed by atoms with Gasteiger partial charge in [-0.25, -0.2) is 0 Å². The molecule has 0 aromatic heterocycles. The van der Waals surface area contributed by atoms with Gasteiger partial charge in [-0.1, -0.05) is 29.3 Å². The van der Waals surface area contributed by atoms with Gasteiger partial charge in [-0.15, -0.1) is 0 Å². The molecule has 18 heavy (non-hydrogen) atoms. The summed E-state index contributed by atoms with van der Waals surface area (Å²) in [6.07, 6.45) is 1.29. The summed E-state index contributed by atoms with van der Waals surface area (Å²) >= 11 is 0. The van der Waals surface area contributed by atoms with Crippen LogP contribution in [0.4, 0.5) is 0 Å². The molecule has 0 heterocycles. The van der Waals surface area contributed by atoms with E-state index in [-0.39, 0.29) is 11.4 Å². The van der Waals surface area contributed by atoms with Crippen molar-refractivity contribution in [3.8, 4) is 0 Å². The number of hydrogen-bond acceptors (Lipinski definition) is 2. The third-order valence-electron chi connectivity index (χ3n) is 2.66. The van der Waals surface area contributed by atoms with Crippen molar-refractivity contribution in [1.82, 2.24) is 5.32 Å². The molecule has 0 fully saturated rings. The van der Waals surface area contributed by atoms with E-state index in [9.17, 15) is 4.79 Å². The number of benzene rings is 1. The van der Waals surface area contributed by atoms with E-state index in [2.05, 4.69) is 37.4 Å². The van der Waals surface area contributed by atoms with Gasteiger partial charge >= 0.3 is 0 Å². The maximum Gasteiger partial charge on any atom is 0.220 e. The molecular weight excluding hydrogens is 224 g/mol. The lowest BCUT2D eigenvalue weighted by molar-refractivity contribution is -0.121. The van der Waals surface area contributed by atoms with E-state index in [1.807, 2.05) is 13.8 Å². The van der Waals surface area contributed by atoms with Gasteiger partial charge in [-0.05, 0) is 39.7 Å². The molecule has 3 heteroatoms. The minimum absolute atomic E-state index is 0.0627. The van der Waals surface area contributed by atoms with Crippen LogP contribution >= 0.6 is 0 Å². The molecule has 0 aliphatic carbocycles. The number of carbonyl (C=O) groups excluding carboxylic acids is 1. The lowest BCUT2D eigenvalue weighted by Gasteiger charge is -2.18. The molecule has 0 radical (unpaired) electrons. The zero-order chi connectivity index (χ0) is 13.8. The van der Waals surface area contributed by atoms with Gasteiger partial charge < -0.3 is 11.1 Å². The molecule has 1 rings (SSSR count). The topological polar surface area (TPSA) is 55.1 Å². The van der Waals surface area contributed by atoms with E-state index < -0.39 is 0 Å². The average molecular weight is 248 g/mol. The van der Waals surface area contributed by atoms with Gasteiger partial charge in [0.05, 0.1) is 0 Å². The first kappa shape index (κ1) is 14.7. The fourth-order valence-corrected chi connectivity index (χ4v) is 1.89. The number of hydrogen-bond donors (Lipinski definition) is 2.